The van der Waals surface area contributed by atoms with Crippen LogP contribution in [0.1, 0.15) is 50.1 Å². The van der Waals surface area contributed by atoms with Crippen LogP contribution in [-0.4, -0.2) is 20.6 Å². The number of hydrogen-bond acceptors (Lipinski definition) is 3. The second-order valence-corrected chi connectivity index (χ2v) is 11.8. The minimum Gasteiger partial charge on any atom is -0.481 e. The summed E-state index contributed by atoms with van der Waals surface area (Å²) in [6, 6.07) is 16.1. The van der Waals surface area contributed by atoms with E-state index in [0.717, 1.165) is 11.3 Å². The summed E-state index contributed by atoms with van der Waals surface area (Å²) in [5, 5.41) is 10.9. The number of benzene rings is 3. The Balaban J connectivity index is 1.72. The first-order chi connectivity index (χ1) is 17.8. The molecule has 0 bridgehead atoms. The van der Waals surface area contributed by atoms with Gasteiger partial charge in [0.25, 0.3) is 0 Å². The molecule has 0 fully saturated rings. The minimum absolute atomic E-state index is 0.254. The molecule has 0 aliphatic rings. The van der Waals surface area contributed by atoms with E-state index in [9.17, 15) is 14.3 Å². The lowest BCUT2D eigenvalue weighted by Gasteiger charge is -2.28. The summed E-state index contributed by atoms with van der Waals surface area (Å²) in [4.78, 5) is 16.2. The standard InChI is InChI=1S/C29H26Cl2F2N2O2S/c1-28(2,18-7-12-22(30)23(31)13-18)25-15-34-27(35(25)21-10-8-20(32)9-11-21)38-16-17-5-6-19(14-24(17)33)29(3,4)26(36)37/h5-15H,16H2,1-4H3,(H,36,37). The number of halogens is 4. The number of carboxylic acids is 1. The van der Waals surface area contributed by atoms with E-state index in [1.165, 1.54) is 43.8 Å². The molecule has 0 radical (unpaired) electrons. The SMILES string of the molecule is CC(C)(C(=O)O)c1ccc(CSc2ncc(C(C)(C)c3ccc(Cl)c(Cl)c3)n2-c2ccc(F)cc2)c(F)c1. The summed E-state index contributed by atoms with van der Waals surface area (Å²) in [6.07, 6.45) is 1.75. The largest absolute Gasteiger partial charge is 0.481 e. The highest BCUT2D eigenvalue weighted by atomic mass is 35.5. The van der Waals surface area contributed by atoms with Gasteiger partial charge >= 0.3 is 5.97 Å². The van der Waals surface area contributed by atoms with E-state index in [1.807, 2.05) is 30.5 Å². The molecule has 4 rings (SSSR count). The van der Waals surface area contributed by atoms with Gasteiger partial charge in [0.05, 0.1) is 27.4 Å². The fraction of sp³-hybridized carbons (Fsp3) is 0.241. The lowest BCUT2D eigenvalue weighted by Crippen LogP contribution is -2.28. The van der Waals surface area contributed by atoms with Crippen LogP contribution in [0.15, 0.2) is 72.0 Å². The number of carbonyl (C=O) groups is 1. The highest BCUT2D eigenvalue weighted by Crippen LogP contribution is 2.39. The van der Waals surface area contributed by atoms with Gasteiger partial charge in [-0.05, 0) is 73.0 Å². The molecule has 0 spiro atoms. The lowest BCUT2D eigenvalue weighted by atomic mass is 9.81. The van der Waals surface area contributed by atoms with Crippen molar-refractivity contribution in [3.63, 3.8) is 0 Å². The van der Waals surface area contributed by atoms with E-state index >= 15 is 4.39 Å². The zero-order valence-electron chi connectivity index (χ0n) is 21.2. The van der Waals surface area contributed by atoms with E-state index in [4.69, 9.17) is 23.2 Å². The predicted molar refractivity (Wildman–Crippen MR) is 149 cm³/mol. The smallest absolute Gasteiger partial charge is 0.313 e. The first-order valence-electron chi connectivity index (χ1n) is 11.8. The molecular formula is C29H26Cl2F2N2O2S. The van der Waals surface area contributed by atoms with Crippen LogP contribution in [0.2, 0.25) is 10.0 Å². The van der Waals surface area contributed by atoms with Gasteiger partial charge in [-0.25, -0.2) is 13.8 Å². The summed E-state index contributed by atoms with van der Waals surface area (Å²) in [7, 11) is 0. The monoisotopic (exact) mass is 574 g/mol. The molecule has 4 nitrogen and oxygen atoms in total. The van der Waals surface area contributed by atoms with E-state index in [2.05, 4.69) is 4.98 Å². The van der Waals surface area contributed by atoms with Gasteiger partial charge in [-0.2, -0.15) is 0 Å². The number of aliphatic carboxylic acids is 1. The average molecular weight is 576 g/mol. The van der Waals surface area contributed by atoms with Crippen molar-refractivity contribution in [3.8, 4) is 5.69 Å². The summed E-state index contributed by atoms with van der Waals surface area (Å²) >= 11 is 13.8. The molecule has 0 unspecified atom stereocenters. The number of thioether (sulfide) groups is 1. The molecule has 0 aliphatic carbocycles. The number of nitrogens with zero attached hydrogens (tertiary/aromatic N) is 2. The molecule has 4 aromatic rings. The van der Waals surface area contributed by atoms with Crippen LogP contribution in [0, 0.1) is 11.6 Å². The number of rotatable bonds is 8. The van der Waals surface area contributed by atoms with Crippen molar-refractivity contribution in [1.82, 2.24) is 9.55 Å². The van der Waals surface area contributed by atoms with Crippen LogP contribution in [0.5, 0.6) is 0 Å². The second-order valence-electron chi connectivity index (χ2n) is 10.0. The van der Waals surface area contributed by atoms with E-state index in [1.54, 1.807) is 36.5 Å². The van der Waals surface area contributed by atoms with Crippen LogP contribution < -0.4 is 0 Å². The van der Waals surface area contributed by atoms with Gasteiger partial charge in [-0.1, -0.05) is 67.0 Å². The van der Waals surface area contributed by atoms with Crippen molar-refractivity contribution in [2.24, 2.45) is 0 Å². The zero-order valence-corrected chi connectivity index (χ0v) is 23.6. The van der Waals surface area contributed by atoms with Gasteiger partial charge < -0.3 is 5.11 Å². The molecule has 0 atom stereocenters. The van der Waals surface area contributed by atoms with Crippen LogP contribution >= 0.6 is 35.0 Å². The van der Waals surface area contributed by atoms with Gasteiger partial charge in [0, 0.05) is 16.9 Å². The van der Waals surface area contributed by atoms with E-state index in [-0.39, 0.29) is 11.6 Å². The maximum absolute atomic E-state index is 15.0. The van der Waals surface area contributed by atoms with Crippen LogP contribution in [0.4, 0.5) is 8.78 Å². The Hall–Kier alpha value is -2.87. The molecular weight excluding hydrogens is 549 g/mol. The van der Waals surface area contributed by atoms with Crippen LogP contribution in [0.3, 0.4) is 0 Å². The van der Waals surface area contributed by atoms with Gasteiger partial charge in [0.15, 0.2) is 5.16 Å². The van der Waals surface area contributed by atoms with Gasteiger partial charge in [-0.15, -0.1) is 0 Å². The van der Waals surface area contributed by atoms with Gasteiger partial charge in [0.1, 0.15) is 11.6 Å². The fourth-order valence-electron chi connectivity index (χ4n) is 4.07. The molecule has 38 heavy (non-hydrogen) atoms. The quantitative estimate of drug-likeness (QED) is 0.214. The third-order valence-electron chi connectivity index (χ3n) is 6.76. The Morgan fingerprint density at radius 2 is 1.61 bits per heavy atom. The molecule has 0 aliphatic heterocycles. The first-order valence-corrected chi connectivity index (χ1v) is 13.5. The molecule has 0 amide bonds. The van der Waals surface area contributed by atoms with Crippen molar-refractivity contribution in [2.45, 2.75) is 49.4 Å². The highest BCUT2D eigenvalue weighted by molar-refractivity contribution is 7.98. The Morgan fingerprint density at radius 1 is 0.947 bits per heavy atom. The van der Waals surface area contributed by atoms with Crippen LogP contribution in [0.25, 0.3) is 5.69 Å². The summed E-state index contributed by atoms with van der Waals surface area (Å²) in [5.41, 5.74) is 1.46. The number of hydrogen-bond donors (Lipinski definition) is 1. The third-order valence-corrected chi connectivity index (χ3v) is 8.50. The lowest BCUT2D eigenvalue weighted by molar-refractivity contribution is -0.142. The molecule has 198 valence electrons. The fourth-order valence-corrected chi connectivity index (χ4v) is 5.35. The maximum Gasteiger partial charge on any atom is 0.313 e. The molecule has 1 heterocycles. The number of aromatic nitrogens is 2. The van der Waals surface area contributed by atoms with Gasteiger partial charge in [0.2, 0.25) is 0 Å². The van der Waals surface area contributed by atoms with Gasteiger partial charge in [-0.3, -0.25) is 9.36 Å². The Labute approximate surface area is 234 Å². The van der Waals surface area contributed by atoms with Crippen molar-refractivity contribution >= 4 is 40.9 Å². The molecule has 1 aromatic heterocycles. The summed E-state index contributed by atoms with van der Waals surface area (Å²) < 4.78 is 30.7. The summed E-state index contributed by atoms with van der Waals surface area (Å²) in [6.45, 7) is 7.13. The maximum atomic E-state index is 15.0. The minimum atomic E-state index is -1.21. The Morgan fingerprint density at radius 3 is 2.21 bits per heavy atom. The topological polar surface area (TPSA) is 55.1 Å². The summed E-state index contributed by atoms with van der Waals surface area (Å²) in [5.74, 6) is -1.62. The third kappa shape index (κ3) is 5.46. The van der Waals surface area contributed by atoms with Crippen LogP contribution in [-0.2, 0) is 21.4 Å². The molecule has 1 N–H and O–H groups in total. The average Bonchev–Trinajstić information content (AvgIpc) is 3.30. The molecule has 9 heteroatoms. The normalized spacial score (nSPS) is 12.1. The van der Waals surface area contributed by atoms with Crippen molar-refractivity contribution in [3.05, 3.63) is 111 Å². The van der Waals surface area contributed by atoms with Crippen molar-refractivity contribution in [2.75, 3.05) is 0 Å². The molecule has 0 saturated heterocycles. The Kier molecular flexibility index (Phi) is 7.94. The zero-order chi connectivity index (χ0) is 27.8. The molecule has 0 saturated carbocycles. The van der Waals surface area contributed by atoms with E-state index < -0.39 is 22.6 Å². The number of carboxylic acid groups (broad SMARTS) is 1. The predicted octanol–water partition coefficient (Wildman–Crippen LogP) is 8.44. The van der Waals surface area contributed by atoms with Crippen molar-refractivity contribution in [1.29, 1.82) is 0 Å². The second kappa shape index (κ2) is 10.7. The first kappa shape index (κ1) is 28.1. The number of imidazole rings is 1. The van der Waals surface area contributed by atoms with Crippen molar-refractivity contribution < 1.29 is 18.7 Å². The highest BCUT2D eigenvalue weighted by Gasteiger charge is 2.31. The van der Waals surface area contributed by atoms with E-state index in [0.29, 0.717) is 32.0 Å². The Bertz CT molecular complexity index is 1500. The molecule has 3 aromatic carbocycles.